The summed E-state index contributed by atoms with van der Waals surface area (Å²) in [4.78, 5) is 15.5. The van der Waals surface area contributed by atoms with Crippen molar-refractivity contribution in [3.05, 3.63) is 72.4 Å². The fourth-order valence-electron chi connectivity index (χ4n) is 2.97. The number of halogens is 1. The van der Waals surface area contributed by atoms with Gasteiger partial charge in [0.15, 0.2) is 0 Å². The van der Waals surface area contributed by atoms with Gasteiger partial charge in [-0.3, -0.25) is 4.98 Å². The zero-order valence-electron chi connectivity index (χ0n) is 13.1. The second-order valence-electron chi connectivity index (χ2n) is 5.66. The highest BCUT2D eigenvalue weighted by atomic mass is 32.2. The number of nitrogens with zero attached hydrogens (tertiary/aromatic N) is 2. The van der Waals surface area contributed by atoms with E-state index >= 15 is 0 Å². The van der Waals surface area contributed by atoms with E-state index in [-0.39, 0.29) is 21.4 Å². The van der Waals surface area contributed by atoms with Gasteiger partial charge >= 0.3 is 5.97 Å². The van der Waals surface area contributed by atoms with Crippen LogP contribution in [0.15, 0.2) is 66.0 Å². The third kappa shape index (κ3) is 2.34. The van der Waals surface area contributed by atoms with Crippen molar-refractivity contribution in [2.45, 2.75) is 4.90 Å². The lowest BCUT2D eigenvalue weighted by Gasteiger charge is -2.10. The quantitative estimate of drug-likeness (QED) is 0.598. The van der Waals surface area contributed by atoms with E-state index < -0.39 is 21.8 Å². The van der Waals surface area contributed by atoms with Crippen molar-refractivity contribution in [3.63, 3.8) is 0 Å². The van der Waals surface area contributed by atoms with Crippen LogP contribution in [-0.2, 0) is 10.0 Å². The number of carboxylic acid groups (broad SMARTS) is 1. The molecule has 2 aromatic carbocycles. The molecule has 0 aliphatic carbocycles. The van der Waals surface area contributed by atoms with Gasteiger partial charge in [-0.25, -0.2) is 21.6 Å². The maximum absolute atomic E-state index is 13.6. The minimum absolute atomic E-state index is 0.00978. The predicted molar refractivity (Wildman–Crippen MR) is 93.2 cm³/mol. The molecule has 4 rings (SSSR count). The van der Waals surface area contributed by atoms with Crippen LogP contribution in [0.4, 0.5) is 4.39 Å². The Morgan fingerprint density at radius 1 is 1.12 bits per heavy atom. The number of carboxylic acids is 1. The molecule has 0 aliphatic rings. The van der Waals surface area contributed by atoms with E-state index in [2.05, 4.69) is 4.98 Å². The number of hydrogen-bond donors (Lipinski definition) is 1. The van der Waals surface area contributed by atoms with E-state index in [9.17, 15) is 22.7 Å². The Hall–Kier alpha value is -3.26. The normalized spacial score (nSPS) is 11.9. The van der Waals surface area contributed by atoms with Gasteiger partial charge in [0.05, 0.1) is 16.0 Å². The highest BCUT2D eigenvalue weighted by molar-refractivity contribution is 7.90. The van der Waals surface area contributed by atoms with E-state index in [0.29, 0.717) is 10.8 Å². The molecule has 0 bridgehead atoms. The molecule has 0 amide bonds. The van der Waals surface area contributed by atoms with Crippen LogP contribution in [0.5, 0.6) is 0 Å². The Bertz CT molecular complexity index is 1290. The van der Waals surface area contributed by atoms with Crippen LogP contribution in [0, 0.1) is 5.82 Å². The standard InChI is InChI=1S/C18H11FN2O4S/c19-12-4-5-16-14(8-12)15(18(22)23)10-21(16)26(24,25)17-3-1-2-11-9-20-7-6-13(11)17/h1-10H,(H,22,23). The molecule has 2 heterocycles. The molecule has 0 saturated heterocycles. The van der Waals surface area contributed by atoms with Gasteiger partial charge in [-0.1, -0.05) is 12.1 Å². The number of benzene rings is 2. The summed E-state index contributed by atoms with van der Waals surface area (Å²) in [5.41, 5.74) is -0.195. The number of fused-ring (bicyclic) bond motifs is 2. The second-order valence-corrected chi connectivity index (χ2v) is 7.45. The number of rotatable bonds is 3. The fourth-order valence-corrected chi connectivity index (χ4v) is 4.55. The Morgan fingerprint density at radius 3 is 2.69 bits per heavy atom. The Morgan fingerprint density at radius 2 is 1.92 bits per heavy atom. The average molecular weight is 370 g/mol. The molecule has 0 unspecified atom stereocenters. The summed E-state index contributed by atoms with van der Waals surface area (Å²) in [6, 6.07) is 9.68. The third-order valence-electron chi connectivity index (χ3n) is 4.14. The molecule has 4 aromatic rings. The summed E-state index contributed by atoms with van der Waals surface area (Å²) in [7, 11) is -4.11. The van der Waals surface area contributed by atoms with Gasteiger partial charge in [0.25, 0.3) is 10.0 Å². The Kier molecular flexibility index (Phi) is 3.52. The van der Waals surface area contributed by atoms with Gasteiger partial charge in [-0.2, -0.15) is 0 Å². The molecule has 8 heteroatoms. The van der Waals surface area contributed by atoms with Crippen LogP contribution in [0.1, 0.15) is 10.4 Å². The molecule has 1 N–H and O–H groups in total. The van der Waals surface area contributed by atoms with Crippen LogP contribution >= 0.6 is 0 Å². The minimum Gasteiger partial charge on any atom is -0.478 e. The second kappa shape index (κ2) is 5.63. The molecule has 0 fully saturated rings. The molecule has 26 heavy (non-hydrogen) atoms. The lowest BCUT2D eigenvalue weighted by Crippen LogP contribution is -2.12. The van der Waals surface area contributed by atoms with Crippen molar-refractivity contribution >= 4 is 37.7 Å². The van der Waals surface area contributed by atoms with Gasteiger partial charge in [0.2, 0.25) is 0 Å². The van der Waals surface area contributed by atoms with Crippen LogP contribution in [0.3, 0.4) is 0 Å². The summed E-state index contributed by atoms with van der Waals surface area (Å²) < 4.78 is 40.9. The third-order valence-corrected chi connectivity index (χ3v) is 5.87. The number of aromatic carboxylic acids is 1. The highest BCUT2D eigenvalue weighted by Crippen LogP contribution is 2.30. The van der Waals surface area contributed by atoms with Crippen molar-refractivity contribution in [1.82, 2.24) is 8.96 Å². The molecule has 6 nitrogen and oxygen atoms in total. The Balaban J connectivity index is 2.07. The lowest BCUT2D eigenvalue weighted by atomic mass is 10.2. The fraction of sp³-hybridized carbons (Fsp3) is 0. The summed E-state index contributed by atoms with van der Waals surface area (Å²) >= 11 is 0. The maximum atomic E-state index is 13.6. The number of hydrogen-bond acceptors (Lipinski definition) is 4. The SMILES string of the molecule is O=C(O)c1cn(S(=O)(=O)c2cccc3cnccc23)c2ccc(F)cc12. The summed E-state index contributed by atoms with van der Waals surface area (Å²) in [5.74, 6) is -1.98. The van der Waals surface area contributed by atoms with Crippen LogP contribution in [-0.4, -0.2) is 28.5 Å². The highest BCUT2D eigenvalue weighted by Gasteiger charge is 2.25. The molecule has 0 spiro atoms. The number of pyridine rings is 1. The van der Waals surface area contributed by atoms with Gasteiger partial charge < -0.3 is 5.11 Å². The zero-order chi connectivity index (χ0) is 18.5. The molecule has 0 aliphatic heterocycles. The van der Waals surface area contributed by atoms with E-state index in [1.807, 2.05) is 0 Å². The first-order valence-electron chi connectivity index (χ1n) is 7.52. The lowest BCUT2D eigenvalue weighted by molar-refractivity contribution is 0.0699. The first kappa shape index (κ1) is 16.2. The van der Waals surface area contributed by atoms with Crippen molar-refractivity contribution in [2.75, 3.05) is 0 Å². The summed E-state index contributed by atoms with van der Waals surface area (Å²) in [6.45, 7) is 0. The number of aromatic nitrogens is 2. The van der Waals surface area contributed by atoms with Crippen LogP contribution < -0.4 is 0 Å². The van der Waals surface area contributed by atoms with Crippen molar-refractivity contribution in [2.24, 2.45) is 0 Å². The molecular formula is C18H11FN2O4S. The van der Waals surface area contributed by atoms with E-state index in [1.54, 1.807) is 24.4 Å². The van der Waals surface area contributed by atoms with Gasteiger partial charge in [0.1, 0.15) is 5.82 Å². The zero-order valence-corrected chi connectivity index (χ0v) is 13.9. The number of carbonyl (C=O) groups is 1. The van der Waals surface area contributed by atoms with Gasteiger partial charge in [0, 0.05) is 34.7 Å². The topological polar surface area (TPSA) is 89.3 Å². The largest absolute Gasteiger partial charge is 0.478 e. The van der Waals surface area contributed by atoms with Crippen molar-refractivity contribution < 1.29 is 22.7 Å². The maximum Gasteiger partial charge on any atom is 0.337 e. The summed E-state index contributed by atoms with van der Waals surface area (Å²) in [6.07, 6.45) is 4.02. The first-order chi connectivity index (χ1) is 12.4. The minimum atomic E-state index is -4.11. The molecule has 0 atom stereocenters. The summed E-state index contributed by atoms with van der Waals surface area (Å²) in [5, 5.41) is 10.5. The molecular weight excluding hydrogens is 359 g/mol. The van der Waals surface area contributed by atoms with E-state index in [4.69, 9.17) is 0 Å². The molecule has 0 radical (unpaired) electrons. The van der Waals surface area contributed by atoms with Crippen molar-refractivity contribution in [1.29, 1.82) is 0 Å². The molecule has 0 saturated carbocycles. The van der Waals surface area contributed by atoms with E-state index in [1.165, 1.54) is 18.3 Å². The first-order valence-corrected chi connectivity index (χ1v) is 8.96. The predicted octanol–water partition coefficient (Wildman–Crippen LogP) is 3.26. The smallest absolute Gasteiger partial charge is 0.337 e. The monoisotopic (exact) mass is 370 g/mol. The van der Waals surface area contributed by atoms with Crippen molar-refractivity contribution in [3.8, 4) is 0 Å². The van der Waals surface area contributed by atoms with E-state index in [0.717, 1.165) is 22.3 Å². The Labute approximate surface area is 147 Å². The van der Waals surface area contributed by atoms with Gasteiger partial charge in [-0.15, -0.1) is 0 Å². The average Bonchev–Trinajstić information content (AvgIpc) is 3.01. The van der Waals surface area contributed by atoms with Gasteiger partial charge in [-0.05, 0) is 30.3 Å². The van der Waals surface area contributed by atoms with Crippen LogP contribution in [0.2, 0.25) is 0 Å². The molecule has 2 aromatic heterocycles. The van der Waals surface area contributed by atoms with Crippen LogP contribution in [0.25, 0.3) is 21.7 Å². The molecule has 130 valence electrons.